The monoisotopic (exact) mass is 545 g/mol. The fourth-order valence-electron chi connectivity index (χ4n) is 4.55. The van der Waals surface area contributed by atoms with Gasteiger partial charge in [0.05, 0.1) is 19.0 Å². The lowest BCUT2D eigenvalue weighted by atomic mass is 10.0. The van der Waals surface area contributed by atoms with Crippen LogP contribution in [-0.4, -0.2) is 62.0 Å². The topological polar surface area (TPSA) is 159 Å². The predicted octanol–water partition coefficient (Wildman–Crippen LogP) is 2.96. The van der Waals surface area contributed by atoms with Gasteiger partial charge in [-0.15, -0.1) is 5.10 Å². The van der Waals surface area contributed by atoms with Crippen molar-refractivity contribution in [3.05, 3.63) is 71.0 Å². The Morgan fingerprint density at radius 2 is 2.05 bits per heavy atom. The molecular weight excluding hydrogens is 514 g/mol. The van der Waals surface area contributed by atoms with Crippen molar-refractivity contribution < 1.29 is 18.9 Å². The number of hydrogen-bond acceptors (Lipinski definition) is 11. The van der Waals surface area contributed by atoms with Gasteiger partial charge in [0, 0.05) is 12.6 Å². The number of anilines is 1. The normalized spacial score (nSPS) is 15.8. The predicted molar refractivity (Wildman–Crippen MR) is 146 cm³/mol. The largest absolute Gasteiger partial charge is 0.493 e. The van der Waals surface area contributed by atoms with E-state index >= 15 is 0 Å². The Morgan fingerprint density at radius 1 is 1.20 bits per heavy atom. The van der Waals surface area contributed by atoms with Crippen LogP contribution in [-0.2, 0) is 13.2 Å². The summed E-state index contributed by atoms with van der Waals surface area (Å²) < 4.78 is 17.5. The number of methoxy groups -OCH3 is 1. The van der Waals surface area contributed by atoms with E-state index in [1.165, 1.54) is 17.3 Å². The van der Waals surface area contributed by atoms with Crippen molar-refractivity contribution in [2.24, 2.45) is 5.10 Å². The van der Waals surface area contributed by atoms with Crippen molar-refractivity contribution in [1.82, 2.24) is 35.6 Å². The molecule has 3 heterocycles. The molecule has 1 saturated heterocycles. The summed E-state index contributed by atoms with van der Waals surface area (Å²) in [6.07, 6.45) is 4.82. The maximum Gasteiger partial charge on any atom is 0.293 e. The van der Waals surface area contributed by atoms with E-state index in [0.29, 0.717) is 41.9 Å². The molecule has 2 aromatic carbocycles. The third-order valence-electron chi connectivity index (χ3n) is 6.77. The number of amides is 1. The zero-order valence-electron chi connectivity index (χ0n) is 22.4. The number of hydrogen-bond donors (Lipinski definition) is 2. The van der Waals surface area contributed by atoms with Gasteiger partial charge in [0.25, 0.3) is 5.91 Å². The van der Waals surface area contributed by atoms with Crippen LogP contribution in [0.1, 0.15) is 53.5 Å². The highest BCUT2D eigenvalue weighted by atomic mass is 16.6. The van der Waals surface area contributed by atoms with Crippen molar-refractivity contribution in [1.29, 1.82) is 0 Å². The fourth-order valence-corrected chi connectivity index (χ4v) is 4.55. The molecule has 13 heteroatoms. The minimum atomic E-state index is -0.521. The van der Waals surface area contributed by atoms with Crippen molar-refractivity contribution in [3.63, 3.8) is 0 Å². The molecule has 1 atom stereocenters. The Hall–Kier alpha value is -4.78. The summed E-state index contributed by atoms with van der Waals surface area (Å²) in [5.74, 6) is 0.851. The number of benzene rings is 2. The summed E-state index contributed by atoms with van der Waals surface area (Å²) in [5.41, 5.74) is 10.8. The fraction of sp³-hybridized carbons (Fsp3) is 0.333. The molecule has 1 fully saturated rings. The number of nitrogens with zero attached hydrogens (tertiary/aromatic N) is 7. The first-order chi connectivity index (χ1) is 19.5. The van der Waals surface area contributed by atoms with Crippen molar-refractivity contribution in [2.75, 3.05) is 19.4 Å². The molecule has 0 saturated carbocycles. The van der Waals surface area contributed by atoms with Crippen LogP contribution >= 0.6 is 0 Å². The molecule has 0 spiro atoms. The zero-order chi connectivity index (χ0) is 27.9. The van der Waals surface area contributed by atoms with E-state index in [1.54, 1.807) is 19.2 Å². The van der Waals surface area contributed by atoms with Gasteiger partial charge in [-0.2, -0.15) is 9.78 Å². The lowest BCUT2D eigenvalue weighted by Gasteiger charge is -2.33. The lowest BCUT2D eigenvalue weighted by molar-refractivity contribution is 0.0945. The Kier molecular flexibility index (Phi) is 8.30. The molecule has 208 valence electrons. The second-order valence-electron chi connectivity index (χ2n) is 9.47. The molecule has 40 heavy (non-hydrogen) atoms. The molecule has 0 radical (unpaired) electrons. The third-order valence-corrected chi connectivity index (χ3v) is 6.77. The Balaban J connectivity index is 1.30. The van der Waals surface area contributed by atoms with Gasteiger partial charge in [-0.25, -0.2) is 10.1 Å². The summed E-state index contributed by atoms with van der Waals surface area (Å²) >= 11 is 0. The minimum absolute atomic E-state index is 0.0490. The number of nitrogens with one attached hydrogen (secondary N) is 1. The smallest absolute Gasteiger partial charge is 0.293 e. The summed E-state index contributed by atoms with van der Waals surface area (Å²) in [6, 6.07) is 15.6. The van der Waals surface area contributed by atoms with Gasteiger partial charge < -0.3 is 15.2 Å². The molecular formula is C27H31N9O4. The first kappa shape index (κ1) is 26.8. The summed E-state index contributed by atoms with van der Waals surface area (Å²) in [4.78, 5) is 15.4. The van der Waals surface area contributed by atoms with Crippen molar-refractivity contribution in [2.45, 2.75) is 45.4 Å². The zero-order valence-corrected chi connectivity index (χ0v) is 22.4. The highest BCUT2D eigenvalue weighted by Gasteiger charge is 2.28. The number of rotatable bonds is 10. The summed E-state index contributed by atoms with van der Waals surface area (Å²) in [5, 5.41) is 19.8. The second kappa shape index (κ2) is 12.4. The van der Waals surface area contributed by atoms with Gasteiger partial charge >= 0.3 is 0 Å². The van der Waals surface area contributed by atoms with Crippen LogP contribution in [0.25, 0.3) is 5.82 Å². The van der Waals surface area contributed by atoms with Crippen molar-refractivity contribution >= 4 is 17.9 Å². The van der Waals surface area contributed by atoms with E-state index in [9.17, 15) is 4.79 Å². The van der Waals surface area contributed by atoms with Gasteiger partial charge in [0.2, 0.25) is 11.6 Å². The Morgan fingerprint density at radius 3 is 2.80 bits per heavy atom. The number of hydrazone groups is 1. The van der Waals surface area contributed by atoms with Crippen LogP contribution in [0.2, 0.25) is 0 Å². The van der Waals surface area contributed by atoms with Crippen LogP contribution in [0.15, 0.2) is 58.3 Å². The van der Waals surface area contributed by atoms with Gasteiger partial charge in [0.15, 0.2) is 17.2 Å². The molecule has 1 aliphatic rings. The van der Waals surface area contributed by atoms with E-state index in [0.717, 1.165) is 24.9 Å². The number of nitrogens with two attached hydrogens (primary N) is 1. The maximum atomic E-state index is 13.1. The van der Waals surface area contributed by atoms with Crippen LogP contribution < -0.4 is 20.6 Å². The van der Waals surface area contributed by atoms with Crippen LogP contribution in [0.5, 0.6) is 11.5 Å². The number of piperidine rings is 1. The SMILES string of the molecule is COc1cc(/C=N/NC(=O)c2nnn(-c3nonc3N)c2CN2CCCC[C@@H]2C)ccc1OCc1ccccc1. The van der Waals surface area contributed by atoms with E-state index in [1.807, 2.05) is 36.4 Å². The maximum absolute atomic E-state index is 13.1. The minimum Gasteiger partial charge on any atom is -0.493 e. The van der Waals surface area contributed by atoms with E-state index in [-0.39, 0.29) is 17.3 Å². The third kappa shape index (κ3) is 6.10. The molecule has 1 aliphatic heterocycles. The summed E-state index contributed by atoms with van der Waals surface area (Å²) in [7, 11) is 1.57. The summed E-state index contributed by atoms with van der Waals surface area (Å²) in [6.45, 7) is 3.89. The van der Waals surface area contributed by atoms with Crippen LogP contribution in [0, 0.1) is 0 Å². The quantitative estimate of drug-likeness (QED) is 0.224. The van der Waals surface area contributed by atoms with Gasteiger partial charge in [0.1, 0.15) is 6.61 Å². The first-order valence-corrected chi connectivity index (χ1v) is 13.0. The van der Waals surface area contributed by atoms with Crippen molar-refractivity contribution in [3.8, 4) is 17.3 Å². The number of carbonyl (C=O) groups is 1. The Labute approximate surface area is 230 Å². The average molecular weight is 546 g/mol. The van der Waals surface area contributed by atoms with E-state index < -0.39 is 5.91 Å². The second-order valence-corrected chi connectivity index (χ2v) is 9.47. The number of carbonyl (C=O) groups excluding carboxylic acids is 1. The van der Waals surface area contributed by atoms with Crippen LogP contribution in [0.4, 0.5) is 5.82 Å². The Bertz CT molecular complexity index is 1470. The molecule has 5 rings (SSSR count). The highest BCUT2D eigenvalue weighted by molar-refractivity contribution is 5.94. The standard InChI is InChI=1S/C27H31N9O4/c1-18-8-6-7-13-35(18)16-21-24(30-34-36(21)26-25(28)32-40-33-26)27(37)31-29-15-20-11-12-22(23(14-20)38-2)39-17-19-9-4-3-5-10-19/h3-5,9-12,14-15,18H,6-8,13,16-17H2,1-2H3,(H2,28,32)(H,31,37)/b29-15+/t18-/m0/s1. The number of nitrogen functional groups attached to an aromatic ring is 1. The average Bonchev–Trinajstić information content (AvgIpc) is 3.59. The molecule has 3 N–H and O–H groups in total. The molecule has 1 amide bonds. The molecule has 0 aliphatic carbocycles. The number of aromatic nitrogens is 5. The molecule has 2 aromatic heterocycles. The highest BCUT2D eigenvalue weighted by Crippen LogP contribution is 2.28. The first-order valence-electron chi connectivity index (χ1n) is 13.0. The molecule has 4 aromatic rings. The number of ether oxygens (including phenoxy) is 2. The van der Waals surface area contributed by atoms with E-state index in [4.69, 9.17) is 19.8 Å². The van der Waals surface area contributed by atoms with Gasteiger partial charge in [-0.3, -0.25) is 9.69 Å². The van der Waals surface area contributed by atoms with Crippen LogP contribution in [0.3, 0.4) is 0 Å². The molecule has 13 nitrogen and oxygen atoms in total. The van der Waals surface area contributed by atoms with E-state index in [2.05, 4.69) is 43.0 Å². The van der Waals surface area contributed by atoms with Gasteiger partial charge in [-0.1, -0.05) is 42.0 Å². The number of likely N-dealkylation sites (tertiary alicyclic amines) is 1. The lowest BCUT2D eigenvalue weighted by Crippen LogP contribution is -2.38. The van der Waals surface area contributed by atoms with Gasteiger partial charge in [-0.05, 0) is 65.9 Å². The molecule has 0 unspecified atom stereocenters. The molecule has 0 bridgehead atoms.